The molecule has 0 radical (unpaired) electrons. The molecule has 0 amide bonds. The maximum absolute atomic E-state index is 11.1. The molecule has 0 bridgehead atoms. The molecule has 0 saturated heterocycles. The van der Waals surface area contributed by atoms with Crippen LogP contribution in [-0.2, 0) is 4.79 Å². The van der Waals surface area contributed by atoms with Gasteiger partial charge in [-0.25, -0.2) is 9.78 Å². The molecule has 4 nitrogen and oxygen atoms in total. The molecular weight excluding hydrogens is 263 g/mol. The Balaban J connectivity index is 2.82. The summed E-state index contributed by atoms with van der Waals surface area (Å²) in [5, 5.41) is 12.6. The lowest BCUT2D eigenvalue weighted by Crippen LogP contribution is -2.31. The summed E-state index contributed by atoms with van der Waals surface area (Å²) in [4.78, 5) is 15.0. The molecule has 0 aliphatic rings. The molecule has 1 aromatic heterocycles. The van der Waals surface area contributed by atoms with E-state index in [1.807, 2.05) is 13.8 Å². The summed E-state index contributed by atoms with van der Waals surface area (Å²) < 4.78 is 0. The van der Waals surface area contributed by atoms with Gasteiger partial charge >= 0.3 is 5.97 Å². The smallest absolute Gasteiger partial charge is 0.326 e. The number of aromatic nitrogens is 1. The normalized spacial score (nSPS) is 12.5. The molecule has 17 heavy (non-hydrogen) atoms. The lowest BCUT2D eigenvalue weighted by molar-refractivity contribution is -0.138. The van der Waals surface area contributed by atoms with Gasteiger partial charge in [0.15, 0.2) is 0 Å². The van der Waals surface area contributed by atoms with Gasteiger partial charge in [-0.2, -0.15) is 0 Å². The van der Waals surface area contributed by atoms with Gasteiger partial charge in [0.25, 0.3) is 0 Å². The standard InChI is InChI=1S/C11H14Cl2N2O2/c1-6(2)3-9(11(16)17)15-10-8(13)4-7(12)5-14-10/h4-6,9H,3H2,1-2H3,(H,14,15)(H,16,17)/t9-/m1/s1. The first kappa shape index (κ1) is 14.1. The Hall–Kier alpha value is -1.00. The maximum Gasteiger partial charge on any atom is 0.326 e. The minimum Gasteiger partial charge on any atom is -0.480 e. The van der Waals surface area contributed by atoms with Crippen molar-refractivity contribution in [2.45, 2.75) is 26.3 Å². The van der Waals surface area contributed by atoms with Crippen LogP contribution in [0.4, 0.5) is 5.82 Å². The number of carbonyl (C=O) groups is 1. The molecule has 1 aromatic rings. The van der Waals surface area contributed by atoms with E-state index in [9.17, 15) is 4.79 Å². The molecule has 0 unspecified atom stereocenters. The third-order valence-electron chi connectivity index (χ3n) is 2.12. The number of aliphatic carboxylic acids is 1. The predicted molar refractivity (Wildman–Crippen MR) is 68.8 cm³/mol. The fraction of sp³-hybridized carbons (Fsp3) is 0.455. The van der Waals surface area contributed by atoms with E-state index in [2.05, 4.69) is 10.3 Å². The summed E-state index contributed by atoms with van der Waals surface area (Å²) in [7, 11) is 0. The van der Waals surface area contributed by atoms with Gasteiger partial charge in [0.2, 0.25) is 0 Å². The van der Waals surface area contributed by atoms with Gasteiger partial charge in [0.1, 0.15) is 11.9 Å². The highest BCUT2D eigenvalue weighted by molar-refractivity contribution is 6.36. The summed E-state index contributed by atoms with van der Waals surface area (Å²) in [5.74, 6) is -0.328. The van der Waals surface area contributed by atoms with Crippen molar-refractivity contribution in [3.05, 3.63) is 22.3 Å². The van der Waals surface area contributed by atoms with E-state index >= 15 is 0 Å². The Morgan fingerprint density at radius 3 is 2.65 bits per heavy atom. The third kappa shape index (κ3) is 4.40. The van der Waals surface area contributed by atoms with Crippen LogP contribution in [0.5, 0.6) is 0 Å². The second-order valence-electron chi connectivity index (χ2n) is 4.15. The van der Waals surface area contributed by atoms with Crippen molar-refractivity contribution >= 4 is 35.0 Å². The van der Waals surface area contributed by atoms with Crippen LogP contribution in [0.25, 0.3) is 0 Å². The highest BCUT2D eigenvalue weighted by atomic mass is 35.5. The molecule has 94 valence electrons. The first-order chi connectivity index (χ1) is 7.90. The van der Waals surface area contributed by atoms with E-state index in [1.54, 1.807) is 0 Å². The van der Waals surface area contributed by atoms with Crippen LogP contribution >= 0.6 is 23.2 Å². The number of pyridine rings is 1. The Morgan fingerprint density at radius 1 is 1.53 bits per heavy atom. The van der Waals surface area contributed by atoms with Crippen molar-refractivity contribution in [3.63, 3.8) is 0 Å². The zero-order valence-corrected chi connectivity index (χ0v) is 11.1. The van der Waals surface area contributed by atoms with Gasteiger partial charge in [-0.15, -0.1) is 0 Å². The molecule has 1 atom stereocenters. The van der Waals surface area contributed by atoms with Gasteiger partial charge in [0.05, 0.1) is 10.0 Å². The summed E-state index contributed by atoms with van der Waals surface area (Å²) in [6.45, 7) is 3.91. The zero-order chi connectivity index (χ0) is 13.0. The predicted octanol–water partition coefficient (Wildman–Crippen LogP) is 3.30. The fourth-order valence-corrected chi connectivity index (χ4v) is 1.81. The van der Waals surface area contributed by atoms with Crippen LogP contribution in [-0.4, -0.2) is 22.1 Å². The first-order valence-corrected chi connectivity index (χ1v) is 5.96. The maximum atomic E-state index is 11.1. The third-order valence-corrected chi connectivity index (χ3v) is 2.62. The van der Waals surface area contributed by atoms with E-state index < -0.39 is 12.0 Å². The largest absolute Gasteiger partial charge is 0.480 e. The topological polar surface area (TPSA) is 62.2 Å². The van der Waals surface area contributed by atoms with E-state index in [4.69, 9.17) is 28.3 Å². The summed E-state index contributed by atoms with van der Waals surface area (Å²) >= 11 is 11.6. The number of rotatable bonds is 5. The number of halogens is 2. The number of nitrogens with one attached hydrogen (secondary N) is 1. The zero-order valence-electron chi connectivity index (χ0n) is 9.58. The molecule has 6 heteroatoms. The lowest BCUT2D eigenvalue weighted by Gasteiger charge is -2.17. The molecule has 0 spiro atoms. The van der Waals surface area contributed by atoms with Crippen molar-refractivity contribution in [1.29, 1.82) is 0 Å². The molecule has 0 aliphatic carbocycles. The summed E-state index contributed by atoms with van der Waals surface area (Å²) in [6, 6.07) is 0.813. The Labute approximate surface area is 110 Å². The van der Waals surface area contributed by atoms with Crippen molar-refractivity contribution in [1.82, 2.24) is 4.98 Å². The van der Waals surface area contributed by atoms with Crippen LogP contribution in [0.2, 0.25) is 10.0 Å². The molecular formula is C11H14Cl2N2O2. The van der Waals surface area contributed by atoms with Crippen molar-refractivity contribution < 1.29 is 9.90 Å². The molecule has 0 aliphatic heterocycles. The Morgan fingerprint density at radius 2 is 2.18 bits per heavy atom. The van der Waals surface area contributed by atoms with E-state index in [1.165, 1.54) is 12.3 Å². The van der Waals surface area contributed by atoms with Crippen LogP contribution < -0.4 is 5.32 Å². The van der Waals surface area contributed by atoms with Gasteiger partial charge in [-0.1, -0.05) is 37.0 Å². The molecule has 0 saturated carbocycles. The number of anilines is 1. The summed E-state index contributed by atoms with van der Waals surface area (Å²) in [6.07, 6.45) is 1.92. The van der Waals surface area contributed by atoms with E-state index in [0.29, 0.717) is 22.3 Å². The van der Waals surface area contributed by atoms with Crippen molar-refractivity contribution in [3.8, 4) is 0 Å². The highest BCUT2D eigenvalue weighted by Crippen LogP contribution is 2.24. The minimum atomic E-state index is -0.925. The second kappa shape index (κ2) is 6.07. The van der Waals surface area contributed by atoms with Crippen LogP contribution in [0.1, 0.15) is 20.3 Å². The molecule has 2 N–H and O–H groups in total. The first-order valence-electron chi connectivity index (χ1n) is 5.20. The van der Waals surface area contributed by atoms with Crippen LogP contribution in [0, 0.1) is 5.92 Å². The second-order valence-corrected chi connectivity index (χ2v) is 4.99. The van der Waals surface area contributed by atoms with Gasteiger partial charge in [-0.3, -0.25) is 0 Å². The van der Waals surface area contributed by atoms with Crippen molar-refractivity contribution in [2.24, 2.45) is 5.92 Å². The molecule has 1 heterocycles. The van der Waals surface area contributed by atoms with Gasteiger partial charge < -0.3 is 10.4 Å². The Kier molecular flexibility index (Phi) is 5.02. The van der Waals surface area contributed by atoms with Crippen LogP contribution in [0.15, 0.2) is 12.3 Å². The fourth-order valence-electron chi connectivity index (χ4n) is 1.38. The van der Waals surface area contributed by atoms with E-state index in [0.717, 1.165) is 0 Å². The van der Waals surface area contributed by atoms with E-state index in [-0.39, 0.29) is 5.92 Å². The number of hydrogen-bond acceptors (Lipinski definition) is 3. The van der Waals surface area contributed by atoms with Gasteiger partial charge in [-0.05, 0) is 18.4 Å². The monoisotopic (exact) mass is 276 g/mol. The quantitative estimate of drug-likeness (QED) is 0.866. The molecule has 0 aromatic carbocycles. The molecule has 1 rings (SSSR count). The minimum absolute atomic E-state index is 0.259. The average Bonchev–Trinajstić information content (AvgIpc) is 2.19. The Bertz CT molecular complexity index is 410. The average molecular weight is 277 g/mol. The summed E-state index contributed by atoms with van der Waals surface area (Å²) in [5.41, 5.74) is 0. The molecule has 0 fully saturated rings. The number of carboxylic acids is 1. The number of carboxylic acid groups (broad SMARTS) is 1. The lowest BCUT2D eigenvalue weighted by atomic mass is 10.0. The highest BCUT2D eigenvalue weighted by Gasteiger charge is 2.20. The van der Waals surface area contributed by atoms with Crippen LogP contribution in [0.3, 0.4) is 0 Å². The van der Waals surface area contributed by atoms with Gasteiger partial charge in [0, 0.05) is 6.20 Å². The van der Waals surface area contributed by atoms with Crippen molar-refractivity contribution in [2.75, 3.05) is 5.32 Å². The number of hydrogen-bond donors (Lipinski definition) is 2. The SMILES string of the molecule is CC(C)C[C@@H](Nc1ncc(Cl)cc1Cl)C(=O)O. The number of nitrogens with zero attached hydrogens (tertiary/aromatic N) is 1.